The summed E-state index contributed by atoms with van der Waals surface area (Å²) in [6.45, 7) is 6.68. The standard InChI is InChI=1S/C16H16N2O3.C2H6/c1-10-7-12(21-14-5-3-4-6-17-14)8-11-9-13(16(19)20)18(2)15(10)11;1-2/h3,5,7-9H,4,6H2,1-2H3,(H,19,20);1-2H3. The Kier molecular flexibility index (Phi) is 5.21. The summed E-state index contributed by atoms with van der Waals surface area (Å²) in [5.74, 6) is 0.331. The van der Waals surface area contributed by atoms with Crippen molar-refractivity contribution in [3.05, 3.63) is 41.6 Å². The van der Waals surface area contributed by atoms with Gasteiger partial charge in [-0.3, -0.25) is 4.99 Å². The molecule has 2 aromatic rings. The molecule has 5 nitrogen and oxygen atoms in total. The van der Waals surface area contributed by atoms with Crippen LogP contribution >= 0.6 is 0 Å². The Morgan fingerprint density at radius 1 is 1.30 bits per heavy atom. The first kappa shape index (κ1) is 16.8. The van der Waals surface area contributed by atoms with Gasteiger partial charge in [-0.2, -0.15) is 0 Å². The van der Waals surface area contributed by atoms with E-state index in [2.05, 4.69) is 4.99 Å². The van der Waals surface area contributed by atoms with E-state index in [0.29, 0.717) is 11.6 Å². The molecule has 5 heteroatoms. The highest BCUT2D eigenvalue weighted by molar-refractivity contribution is 5.97. The molecular weight excluding hydrogens is 292 g/mol. The Labute approximate surface area is 135 Å². The van der Waals surface area contributed by atoms with Crippen molar-refractivity contribution < 1.29 is 14.6 Å². The second-order valence-corrected chi connectivity index (χ2v) is 5.08. The molecule has 1 N–H and O–H groups in total. The van der Waals surface area contributed by atoms with E-state index in [-0.39, 0.29) is 5.69 Å². The molecule has 0 atom stereocenters. The van der Waals surface area contributed by atoms with Gasteiger partial charge in [0, 0.05) is 19.0 Å². The Balaban J connectivity index is 0.000000924. The zero-order chi connectivity index (χ0) is 17.0. The van der Waals surface area contributed by atoms with Crippen LogP contribution in [-0.2, 0) is 7.05 Å². The molecule has 1 aliphatic heterocycles. The molecule has 0 bridgehead atoms. The molecule has 2 heterocycles. The third-order valence-corrected chi connectivity index (χ3v) is 3.56. The lowest BCUT2D eigenvalue weighted by Gasteiger charge is -2.10. The fourth-order valence-electron chi connectivity index (χ4n) is 2.64. The zero-order valence-electron chi connectivity index (χ0n) is 14.0. The van der Waals surface area contributed by atoms with Crippen LogP contribution in [-0.4, -0.2) is 28.1 Å². The van der Waals surface area contributed by atoms with Crippen LogP contribution in [0.4, 0.5) is 0 Å². The summed E-state index contributed by atoms with van der Waals surface area (Å²) < 4.78 is 7.45. The number of hydrogen-bond donors (Lipinski definition) is 1. The number of nitrogens with zero attached hydrogens (tertiary/aromatic N) is 2. The number of dihydropyridines is 1. The smallest absolute Gasteiger partial charge is 0.352 e. The van der Waals surface area contributed by atoms with E-state index in [1.54, 1.807) is 17.7 Å². The molecule has 0 fully saturated rings. The lowest BCUT2D eigenvalue weighted by atomic mass is 10.1. The lowest BCUT2D eigenvalue weighted by Crippen LogP contribution is -2.09. The number of aromatic nitrogens is 1. The molecule has 0 amide bonds. The molecule has 1 aliphatic rings. The van der Waals surface area contributed by atoms with Gasteiger partial charge in [-0.25, -0.2) is 4.79 Å². The van der Waals surface area contributed by atoms with Gasteiger partial charge in [0.1, 0.15) is 11.4 Å². The van der Waals surface area contributed by atoms with E-state index in [1.807, 2.05) is 45.1 Å². The van der Waals surface area contributed by atoms with Crippen LogP contribution in [0.25, 0.3) is 10.9 Å². The Morgan fingerprint density at radius 3 is 2.65 bits per heavy atom. The summed E-state index contributed by atoms with van der Waals surface area (Å²) in [5.41, 5.74) is 2.14. The van der Waals surface area contributed by atoms with Gasteiger partial charge in [0.15, 0.2) is 0 Å². The molecule has 3 rings (SSSR count). The van der Waals surface area contributed by atoms with Gasteiger partial charge in [-0.05, 0) is 43.2 Å². The second kappa shape index (κ2) is 7.13. The predicted octanol–water partition coefficient (Wildman–Crippen LogP) is 3.95. The van der Waals surface area contributed by atoms with E-state index in [0.717, 1.165) is 29.4 Å². The molecule has 1 aromatic heterocycles. The summed E-state index contributed by atoms with van der Waals surface area (Å²) in [6.07, 6.45) is 4.82. The highest BCUT2D eigenvalue weighted by atomic mass is 16.5. The van der Waals surface area contributed by atoms with E-state index < -0.39 is 5.97 Å². The number of aliphatic imine (C=N–C) groups is 1. The van der Waals surface area contributed by atoms with Crippen molar-refractivity contribution in [2.45, 2.75) is 27.2 Å². The molecule has 1 aromatic carbocycles. The summed E-state index contributed by atoms with van der Waals surface area (Å²) in [6, 6.07) is 5.41. The van der Waals surface area contributed by atoms with Gasteiger partial charge in [-0.15, -0.1) is 0 Å². The molecule has 23 heavy (non-hydrogen) atoms. The van der Waals surface area contributed by atoms with Crippen molar-refractivity contribution in [3.8, 4) is 5.75 Å². The first-order valence-corrected chi connectivity index (χ1v) is 7.78. The van der Waals surface area contributed by atoms with Gasteiger partial charge in [0.05, 0.1) is 5.52 Å². The van der Waals surface area contributed by atoms with Crippen molar-refractivity contribution in [2.24, 2.45) is 12.0 Å². The topological polar surface area (TPSA) is 63.8 Å². The maximum Gasteiger partial charge on any atom is 0.352 e. The SMILES string of the molecule is CC.Cc1cc(OC2=NCCC=C2)cc2cc(C(=O)O)n(C)c12. The summed E-state index contributed by atoms with van der Waals surface area (Å²) in [4.78, 5) is 15.5. The molecule has 0 saturated carbocycles. The average molecular weight is 314 g/mol. The van der Waals surface area contributed by atoms with Crippen LogP contribution in [0.2, 0.25) is 0 Å². The maximum absolute atomic E-state index is 11.2. The predicted molar refractivity (Wildman–Crippen MR) is 92.7 cm³/mol. The molecule has 0 saturated heterocycles. The molecule has 0 radical (unpaired) electrons. The lowest BCUT2D eigenvalue weighted by molar-refractivity contribution is 0.0687. The van der Waals surface area contributed by atoms with Gasteiger partial charge >= 0.3 is 5.97 Å². The highest BCUT2D eigenvalue weighted by Gasteiger charge is 2.15. The first-order valence-electron chi connectivity index (χ1n) is 7.78. The number of carboxylic acids is 1. The van der Waals surface area contributed by atoms with E-state index >= 15 is 0 Å². The van der Waals surface area contributed by atoms with Crippen molar-refractivity contribution >= 4 is 22.8 Å². The number of rotatable bonds is 2. The summed E-state index contributed by atoms with van der Waals surface area (Å²) in [7, 11) is 1.76. The number of fused-ring (bicyclic) bond motifs is 1. The van der Waals surface area contributed by atoms with Crippen LogP contribution in [0.1, 0.15) is 36.3 Å². The van der Waals surface area contributed by atoms with Crippen molar-refractivity contribution in [2.75, 3.05) is 6.54 Å². The number of carboxylic acid groups (broad SMARTS) is 1. The number of aryl methyl sites for hydroxylation is 2. The van der Waals surface area contributed by atoms with Crippen molar-refractivity contribution in [1.29, 1.82) is 0 Å². The van der Waals surface area contributed by atoms with Crippen LogP contribution < -0.4 is 4.74 Å². The highest BCUT2D eigenvalue weighted by Crippen LogP contribution is 2.28. The maximum atomic E-state index is 11.2. The van der Waals surface area contributed by atoms with Gasteiger partial charge in [0.2, 0.25) is 5.90 Å². The van der Waals surface area contributed by atoms with Crippen molar-refractivity contribution in [1.82, 2.24) is 4.57 Å². The number of benzene rings is 1. The van der Waals surface area contributed by atoms with Crippen LogP contribution in [0.3, 0.4) is 0 Å². The third-order valence-electron chi connectivity index (χ3n) is 3.56. The zero-order valence-corrected chi connectivity index (χ0v) is 14.0. The van der Waals surface area contributed by atoms with Crippen molar-refractivity contribution in [3.63, 3.8) is 0 Å². The quantitative estimate of drug-likeness (QED) is 0.913. The second-order valence-electron chi connectivity index (χ2n) is 5.08. The average Bonchev–Trinajstić information content (AvgIpc) is 2.88. The summed E-state index contributed by atoms with van der Waals surface area (Å²) >= 11 is 0. The molecule has 0 aliphatic carbocycles. The van der Waals surface area contributed by atoms with Crippen LogP contribution in [0.15, 0.2) is 35.3 Å². The van der Waals surface area contributed by atoms with E-state index in [4.69, 9.17) is 4.74 Å². The normalized spacial score (nSPS) is 13.3. The van der Waals surface area contributed by atoms with Gasteiger partial charge in [-0.1, -0.05) is 19.9 Å². The molecular formula is C18H22N2O3. The Hall–Kier alpha value is -2.56. The minimum absolute atomic E-state index is 0.264. The fraction of sp³-hybridized carbons (Fsp3) is 0.333. The van der Waals surface area contributed by atoms with Gasteiger partial charge in [0.25, 0.3) is 0 Å². The largest absolute Gasteiger partial charge is 0.477 e. The van der Waals surface area contributed by atoms with Gasteiger partial charge < -0.3 is 14.4 Å². The first-order chi connectivity index (χ1) is 11.1. The minimum Gasteiger partial charge on any atom is -0.477 e. The van der Waals surface area contributed by atoms with E-state index in [9.17, 15) is 9.90 Å². The number of ether oxygens (including phenoxy) is 1. The summed E-state index contributed by atoms with van der Waals surface area (Å²) in [5, 5.41) is 10.1. The molecule has 122 valence electrons. The van der Waals surface area contributed by atoms with E-state index in [1.165, 1.54) is 0 Å². The molecule has 0 unspecified atom stereocenters. The fourth-order valence-corrected chi connectivity index (χ4v) is 2.64. The number of aromatic carboxylic acids is 1. The Morgan fingerprint density at radius 2 is 2.04 bits per heavy atom. The third kappa shape index (κ3) is 3.44. The monoisotopic (exact) mass is 314 g/mol. The number of hydrogen-bond acceptors (Lipinski definition) is 3. The van der Waals surface area contributed by atoms with Crippen LogP contribution in [0.5, 0.6) is 5.75 Å². The minimum atomic E-state index is -0.935. The Bertz CT molecular complexity index is 785. The number of carbonyl (C=O) groups is 1. The van der Waals surface area contributed by atoms with Crippen LogP contribution in [0, 0.1) is 6.92 Å². The molecule has 0 spiro atoms.